The first-order valence-electron chi connectivity index (χ1n) is 9.21. The van der Waals surface area contributed by atoms with Crippen LogP contribution >= 0.6 is 0 Å². The Labute approximate surface area is 171 Å². The van der Waals surface area contributed by atoms with E-state index in [0.29, 0.717) is 17.1 Å². The van der Waals surface area contributed by atoms with Crippen LogP contribution in [-0.4, -0.2) is 21.5 Å². The molecule has 0 spiro atoms. The maximum absolute atomic E-state index is 13.3. The molecular formula is C25H21N3O. The van der Waals surface area contributed by atoms with E-state index in [9.17, 15) is 4.79 Å². The van der Waals surface area contributed by atoms with Crippen molar-refractivity contribution in [3.63, 3.8) is 0 Å². The van der Waals surface area contributed by atoms with Gasteiger partial charge in [-0.1, -0.05) is 66.1 Å². The van der Waals surface area contributed by atoms with Crippen LogP contribution in [0.15, 0.2) is 89.7 Å². The van der Waals surface area contributed by atoms with Crippen molar-refractivity contribution in [2.45, 2.75) is 13.8 Å². The van der Waals surface area contributed by atoms with Gasteiger partial charge in [0.15, 0.2) is 5.82 Å². The average molecular weight is 379 g/mol. The Hall–Kier alpha value is -3.97. The quantitative estimate of drug-likeness (QED) is 0.193. The van der Waals surface area contributed by atoms with Gasteiger partial charge in [0.2, 0.25) is 5.78 Å². The van der Waals surface area contributed by atoms with Crippen molar-refractivity contribution in [3.05, 3.63) is 102 Å². The molecule has 0 atom stereocenters. The topological polar surface area (TPSA) is 47.2 Å². The molecule has 0 saturated heterocycles. The summed E-state index contributed by atoms with van der Waals surface area (Å²) in [6.07, 6.45) is 13.7. The van der Waals surface area contributed by atoms with Gasteiger partial charge in [-0.2, -0.15) is 0 Å². The first-order valence-corrected chi connectivity index (χ1v) is 9.21. The Morgan fingerprint density at radius 1 is 1.14 bits per heavy atom. The van der Waals surface area contributed by atoms with Crippen molar-refractivity contribution in [1.29, 1.82) is 0 Å². The fourth-order valence-electron chi connectivity index (χ4n) is 2.82. The van der Waals surface area contributed by atoms with E-state index in [2.05, 4.69) is 15.9 Å². The van der Waals surface area contributed by atoms with E-state index in [1.165, 1.54) is 6.08 Å². The molecule has 2 aromatic carbocycles. The molecule has 1 heterocycles. The Morgan fingerprint density at radius 3 is 2.52 bits per heavy atom. The first kappa shape index (κ1) is 19.8. The lowest BCUT2D eigenvalue weighted by Crippen LogP contribution is -2.09. The van der Waals surface area contributed by atoms with Gasteiger partial charge >= 0.3 is 0 Å². The molecule has 29 heavy (non-hydrogen) atoms. The Kier molecular flexibility index (Phi) is 6.34. The smallest absolute Gasteiger partial charge is 0.214 e. The number of carbonyl (C=O) groups is 1. The van der Waals surface area contributed by atoms with Crippen LogP contribution in [0.5, 0.6) is 0 Å². The van der Waals surface area contributed by atoms with Gasteiger partial charge in [0.25, 0.3) is 0 Å². The predicted molar refractivity (Wildman–Crippen MR) is 118 cm³/mol. The number of Topliss-reactive ketones (excluding diaryl/α,β-unsaturated/α-hetero) is 1. The summed E-state index contributed by atoms with van der Waals surface area (Å²) >= 11 is 0. The van der Waals surface area contributed by atoms with E-state index < -0.39 is 0 Å². The molecule has 0 aliphatic carbocycles. The number of nitrogens with zero attached hydrogens (tertiary/aromatic N) is 3. The molecule has 1 aromatic heterocycles. The minimum atomic E-state index is -0.237. The predicted octanol–water partition coefficient (Wildman–Crippen LogP) is 5.25. The Balaban J connectivity index is 2.13. The summed E-state index contributed by atoms with van der Waals surface area (Å²) in [5.74, 6) is 2.54. The lowest BCUT2D eigenvalue weighted by molar-refractivity contribution is 0.103. The number of allylic oxidation sites excluding steroid dienone is 4. The Morgan fingerprint density at radius 2 is 1.86 bits per heavy atom. The van der Waals surface area contributed by atoms with E-state index in [0.717, 1.165) is 16.8 Å². The second kappa shape index (κ2) is 9.29. The molecule has 0 aliphatic heterocycles. The van der Waals surface area contributed by atoms with Crippen LogP contribution in [-0.2, 0) is 0 Å². The molecule has 0 amide bonds. The minimum absolute atomic E-state index is 0.237. The third kappa shape index (κ3) is 4.66. The number of imidazole rings is 1. The lowest BCUT2D eigenvalue weighted by atomic mass is 10.1. The lowest BCUT2D eigenvalue weighted by Gasteiger charge is -2.09. The van der Waals surface area contributed by atoms with Gasteiger partial charge in [-0.05, 0) is 37.6 Å². The van der Waals surface area contributed by atoms with Crippen molar-refractivity contribution in [1.82, 2.24) is 9.55 Å². The van der Waals surface area contributed by atoms with E-state index in [1.807, 2.05) is 68.4 Å². The van der Waals surface area contributed by atoms with Crippen LogP contribution < -0.4 is 0 Å². The third-order valence-electron chi connectivity index (χ3n) is 4.26. The van der Waals surface area contributed by atoms with Crippen LogP contribution in [0.25, 0.3) is 5.69 Å². The number of aryl methyl sites for hydroxylation is 1. The molecule has 0 N–H and O–H groups in total. The highest BCUT2D eigenvalue weighted by atomic mass is 16.1. The molecule has 0 fully saturated rings. The molecule has 4 heteroatoms. The van der Waals surface area contributed by atoms with Gasteiger partial charge in [-0.15, -0.1) is 6.42 Å². The average Bonchev–Trinajstić information content (AvgIpc) is 3.17. The highest BCUT2D eigenvalue weighted by Crippen LogP contribution is 2.25. The minimum Gasteiger partial charge on any atom is -0.294 e. The number of terminal acetylenes is 1. The number of carbonyl (C=O) groups excluding carboxylic acids is 1. The van der Waals surface area contributed by atoms with Crippen LogP contribution in [0.4, 0.5) is 5.82 Å². The van der Waals surface area contributed by atoms with Crippen LogP contribution in [0.2, 0.25) is 0 Å². The summed E-state index contributed by atoms with van der Waals surface area (Å²) in [7, 11) is 0. The van der Waals surface area contributed by atoms with Gasteiger partial charge in [-0.25, -0.2) is 9.98 Å². The largest absolute Gasteiger partial charge is 0.294 e. The molecule has 3 aromatic rings. The van der Waals surface area contributed by atoms with Crippen molar-refractivity contribution in [2.24, 2.45) is 4.99 Å². The zero-order valence-corrected chi connectivity index (χ0v) is 16.4. The highest BCUT2D eigenvalue weighted by molar-refractivity contribution is 6.12. The second-order valence-electron chi connectivity index (χ2n) is 6.39. The maximum atomic E-state index is 13.3. The van der Waals surface area contributed by atoms with E-state index >= 15 is 0 Å². The zero-order valence-electron chi connectivity index (χ0n) is 16.4. The number of ketones is 1. The van der Waals surface area contributed by atoms with Crippen molar-refractivity contribution in [2.75, 3.05) is 0 Å². The SMILES string of the molecule is C#C/C=C(\C=C/C)C(=O)c1c(/N=C/c2ccccc2)ncn1-c1ccc(C)cc1. The monoisotopic (exact) mass is 379 g/mol. The summed E-state index contributed by atoms with van der Waals surface area (Å²) in [5.41, 5.74) is 3.64. The number of rotatable bonds is 6. The van der Waals surface area contributed by atoms with Crippen LogP contribution in [0.1, 0.15) is 28.5 Å². The standard InChI is InChI=1S/C25H21N3O/c1-4-9-21(10-5-2)24(29)23-25(26-17-20-11-7-6-8-12-20)27-18-28(23)22-15-13-19(3)14-16-22/h1,5-18H,2-3H3/b10-5-,21-9+,26-17+. The zero-order chi connectivity index (χ0) is 20.6. The van der Waals surface area contributed by atoms with E-state index in [4.69, 9.17) is 6.42 Å². The molecule has 3 rings (SSSR count). The molecule has 0 unspecified atom stereocenters. The van der Waals surface area contributed by atoms with Gasteiger partial charge in [0.05, 0.1) is 0 Å². The van der Waals surface area contributed by atoms with E-state index in [1.54, 1.807) is 29.3 Å². The summed E-state index contributed by atoms with van der Waals surface area (Å²) in [4.78, 5) is 22.2. The fraction of sp³-hybridized carbons (Fsp3) is 0.0800. The number of benzene rings is 2. The summed E-state index contributed by atoms with van der Waals surface area (Å²) in [5, 5.41) is 0. The molecule has 0 aliphatic rings. The van der Waals surface area contributed by atoms with Crippen LogP contribution in [0, 0.1) is 19.3 Å². The molecule has 0 radical (unpaired) electrons. The van der Waals surface area contributed by atoms with Crippen molar-refractivity contribution >= 4 is 17.8 Å². The third-order valence-corrected chi connectivity index (χ3v) is 4.26. The van der Waals surface area contributed by atoms with Crippen LogP contribution in [0.3, 0.4) is 0 Å². The molecule has 0 saturated carbocycles. The fourth-order valence-corrected chi connectivity index (χ4v) is 2.82. The summed E-state index contributed by atoms with van der Waals surface area (Å²) in [6.45, 7) is 3.85. The van der Waals surface area contributed by atoms with Gasteiger partial charge in [0, 0.05) is 17.5 Å². The molecule has 142 valence electrons. The van der Waals surface area contributed by atoms with Crippen molar-refractivity contribution < 1.29 is 4.79 Å². The second-order valence-corrected chi connectivity index (χ2v) is 6.39. The first-order chi connectivity index (χ1) is 14.1. The normalized spacial score (nSPS) is 11.8. The summed E-state index contributed by atoms with van der Waals surface area (Å²) in [6, 6.07) is 17.5. The van der Waals surface area contributed by atoms with E-state index in [-0.39, 0.29) is 5.78 Å². The molecular weight excluding hydrogens is 358 g/mol. The molecule has 0 bridgehead atoms. The summed E-state index contributed by atoms with van der Waals surface area (Å²) < 4.78 is 1.74. The molecule has 4 nitrogen and oxygen atoms in total. The van der Waals surface area contributed by atoms with Gasteiger partial charge in [0.1, 0.15) is 12.0 Å². The van der Waals surface area contributed by atoms with Gasteiger partial charge in [-0.3, -0.25) is 9.36 Å². The number of hydrogen-bond acceptors (Lipinski definition) is 3. The maximum Gasteiger partial charge on any atom is 0.214 e. The Bertz CT molecular complexity index is 1130. The van der Waals surface area contributed by atoms with Gasteiger partial charge < -0.3 is 0 Å². The number of aliphatic imine (C=N–C) groups is 1. The number of hydrogen-bond donors (Lipinski definition) is 0. The number of aromatic nitrogens is 2. The highest BCUT2D eigenvalue weighted by Gasteiger charge is 2.21. The van der Waals surface area contributed by atoms with Crippen molar-refractivity contribution in [3.8, 4) is 18.0 Å².